The summed E-state index contributed by atoms with van der Waals surface area (Å²) in [6, 6.07) is 4.71. The first-order valence-corrected chi connectivity index (χ1v) is 4.27. The lowest BCUT2D eigenvalue weighted by molar-refractivity contribution is 0.0691. The highest BCUT2D eigenvalue weighted by molar-refractivity contribution is 6.31. The van der Waals surface area contributed by atoms with Crippen LogP contribution in [0.3, 0.4) is 0 Å². The molecule has 1 aromatic heterocycles. The molecule has 0 bridgehead atoms. The molecule has 0 aliphatic carbocycles. The normalized spacial score (nSPS) is 10.6. The minimum absolute atomic E-state index is 0.106. The van der Waals surface area contributed by atoms with Gasteiger partial charge in [-0.05, 0) is 18.2 Å². The van der Waals surface area contributed by atoms with Crippen LogP contribution in [0.4, 0.5) is 5.69 Å². The molecule has 0 atom stereocenters. The first-order chi connectivity index (χ1) is 6.58. The van der Waals surface area contributed by atoms with Gasteiger partial charge >= 0.3 is 5.97 Å². The second-order valence-corrected chi connectivity index (χ2v) is 3.38. The van der Waals surface area contributed by atoms with Crippen molar-refractivity contribution >= 4 is 34.2 Å². The van der Waals surface area contributed by atoms with Crippen molar-refractivity contribution < 1.29 is 9.90 Å². The predicted molar refractivity (Wildman–Crippen MR) is 54.7 cm³/mol. The van der Waals surface area contributed by atoms with E-state index < -0.39 is 5.97 Å². The van der Waals surface area contributed by atoms with Crippen molar-refractivity contribution in [3.05, 3.63) is 28.9 Å². The Labute approximate surface area is 84.3 Å². The van der Waals surface area contributed by atoms with Crippen LogP contribution in [0.2, 0.25) is 5.02 Å². The average molecular weight is 211 g/mol. The number of carboxylic acid groups (broad SMARTS) is 1. The van der Waals surface area contributed by atoms with Crippen LogP contribution in [-0.2, 0) is 0 Å². The van der Waals surface area contributed by atoms with Gasteiger partial charge in [0.1, 0.15) is 5.69 Å². The van der Waals surface area contributed by atoms with Crippen LogP contribution in [0.1, 0.15) is 10.5 Å². The number of carbonyl (C=O) groups is 1. The van der Waals surface area contributed by atoms with Crippen LogP contribution in [0.25, 0.3) is 10.9 Å². The Balaban J connectivity index is 2.76. The summed E-state index contributed by atoms with van der Waals surface area (Å²) < 4.78 is 0. The number of nitrogens with two attached hydrogens (primary N) is 1. The van der Waals surface area contributed by atoms with E-state index >= 15 is 0 Å². The van der Waals surface area contributed by atoms with E-state index in [9.17, 15) is 4.79 Å². The highest BCUT2D eigenvalue weighted by Gasteiger charge is 2.09. The van der Waals surface area contributed by atoms with Crippen LogP contribution in [0.5, 0.6) is 0 Å². The molecule has 0 saturated heterocycles. The van der Waals surface area contributed by atoms with E-state index in [1.807, 2.05) is 0 Å². The molecule has 0 aliphatic rings. The molecule has 4 nitrogen and oxygen atoms in total. The van der Waals surface area contributed by atoms with Gasteiger partial charge in [-0.2, -0.15) is 0 Å². The summed E-state index contributed by atoms with van der Waals surface area (Å²) >= 11 is 5.77. The minimum atomic E-state index is -1.02. The molecule has 0 spiro atoms. The maximum absolute atomic E-state index is 10.7. The lowest BCUT2D eigenvalue weighted by Gasteiger charge is -1.96. The van der Waals surface area contributed by atoms with E-state index in [1.165, 1.54) is 6.07 Å². The zero-order chi connectivity index (χ0) is 10.3. The van der Waals surface area contributed by atoms with Crippen LogP contribution in [0, 0.1) is 0 Å². The third-order valence-corrected chi connectivity index (χ3v) is 2.18. The van der Waals surface area contributed by atoms with Crippen molar-refractivity contribution in [2.45, 2.75) is 0 Å². The Morgan fingerprint density at radius 1 is 1.43 bits per heavy atom. The lowest BCUT2D eigenvalue weighted by atomic mass is 10.2. The highest BCUT2D eigenvalue weighted by atomic mass is 35.5. The van der Waals surface area contributed by atoms with E-state index in [2.05, 4.69) is 4.98 Å². The number of H-pyrrole nitrogens is 1. The molecular formula is C9H7ClN2O2. The standard InChI is InChI=1S/C9H7ClN2O2/c10-4-1-6(11)5-3-8(9(13)14)12-7(5)2-4/h1-3,12H,11H2,(H,13,14). The molecule has 0 fully saturated rings. The van der Waals surface area contributed by atoms with Gasteiger partial charge in [0.15, 0.2) is 0 Å². The molecule has 1 aromatic carbocycles. The molecule has 4 N–H and O–H groups in total. The lowest BCUT2D eigenvalue weighted by Crippen LogP contribution is -1.94. The Bertz CT molecular complexity index is 519. The highest BCUT2D eigenvalue weighted by Crippen LogP contribution is 2.26. The SMILES string of the molecule is Nc1cc(Cl)cc2[nH]c(C(=O)O)cc12. The van der Waals surface area contributed by atoms with Gasteiger partial charge in [0, 0.05) is 21.6 Å². The number of nitrogens with one attached hydrogen (secondary N) is 1. The molecule has 0 radical (unpaired) electrons. The van der Waals surface area contributed by atoms with Gasteiger partial charge in [-0.15, -0.1) is 0 Å². The summed E-state index contributed by atoms with van der Waals surface area (Å²) in [7, 11) is 0. The van der Waals surface area contributed by atoms with E-state index in [1.54, 1.807) is 12.1 Å². The minimum Gasteiger partial charge on any atom is -0.477 e. The number of fused-ring (bicyclic) bond motifs is 1. The number of rotatable bonds is 1. The number of carboxylic acids is 1. The number of nitrogen functional groups attached to an aromatic ring is 1. The molecule has 0 unspecified atom stereocenters. The Morgan fingerprint density at radius 3 is 2.79 bits per heavy atom. The van der Waals surface area contributed by atoms with Gasteiger partial charge < -0.3 is 15.8 Å². The van der Waals surface area contributed by atoms with Crippen molar-refractivity contribution in [3.63, 3.8) is 0 Å². The number of benzene rings is 1. The zero-order valence-electron chi connectivity index (χ0n) is 7.04. The molecular weight excluding hydrogens is 204 g/mol. The van der Waals surface area contributed by atoms with Gasteiger partial charge in [-0.1, -0.05) is 11.6 Å². The van der Waals surface area contributed by atoms with Crippen molar-refractivity contribution in [2.75, 3.05) is 5.73 Å². The second-order valence-electron chi connectivity index (χ2n) is 2.94. The van der Waals surface area contributed by atoms with E-state index in [0.717, 1.165) is 0 Å². The quantitative estimate of drug-likeness (QED) is 0.631. The Hall–Kier alpha value is -1.68. The van der Waals surface area contributed by atoms with Crippen molar-refractivity contribution in [3.8, 4) is 0 Å². The Kier molecular flexibility index (Phi) is 1.86. The number of aromatic amines is 1. The van der Waals surface area contributed by atoms with Gasteiger partial charge in [0.25, 0.3) is 0 Å². The maximum atomic E-state index is 10.7. The van der Waals surface area contributed by atoms with E-state index in [-0.39, 0.29) is 5.69 Å². The summed E-state index contributed by atoms with van der Waals surface area (Å²) in [6.45, 7) is 0. The molecule has 5 heteroatoms. The molecule has 1 heterocycles. The third kappa shape index (κ3) is 1.29. The number of anilines is 1. The number of aromatic nitrogens is 1. The largest absolute Gasteiger partial charge is 0.477 e. The fraction of sp³-hybridized carbons (Fsp3) is 0. The summed E-state index contributed by atoms with van der Waals surface area (Å²) in [5.41, 5.74) is 6.88. The zero-order valence-corrected chi connectivity index (χ0v) is 7.80. The second kappa shape index (κ2) is 2.92. The molecule has 0 amide bonds. The monoisotopic (exact) mass is 210 g/mol. The van der Waals surface area contributed by atoms with Crippen LogP contribution >= 0.6 is 11.6 Å². The summed E-state index contributed by atoms with van der Waals surface area (Å²) in [6.07, 6.45) is 0. The van der Waals surface area contributed by atoms with E-state index in [0.29, 0.717) is 21.6 Å². The number of halogens is 1. The smallest absolute Gasteiger partial charge is 0.352 e. The molecule has 0 saturated carbocycles. The topological polar surface area (TPSA) is 79.1 Å². The summed E-state index contributed by atoms with van der Waals surface area (Å²) in [5.74, 6) is -1.02. The van der Waals surface area contributed by atoms with Crippen LogP contribution in [0.15, 0.2) is 18.2 Å². The first kappa shape index (κ1) is 8.90. The van der Waals surface area contributed by atoms with Crippen molar-refractivity contribution in [1.82, 2.24) is 4.98 Å². The predicted octanol–water partition coefficient (Wildman–Crippen LogP) is 2.10. The van der Waals surface area contributed by atoms with Crippen LogP contribution < -0.4 is 5.73 Å². The third-order valence-electron chi connectivity index (χ3n) is 1.97. The van der Waals surface area contributed by atoms with E-state index in [4.69, 9.17) is 22.4 Å². The van der Waals surface area contributed by atoms with Crippen molar-refractivity contribution in [2.24, 2.45) is 0 Å². The molecule has 2 rings (SSSR count). The van der Waals surface area contributed by atoms with Gasteiger partial charge in [-0.25, -0.2) is 4.79 Å². The molecule has 0 aliphatic heterocycles. The number of hydrogen-bond donors (Lipinski definition) is 3. The number of aromatic carboxylic acids is 1. The Morgan fingerprint density at radius 2 is 2.14 bits per heavy atom. The van der Waals surface area contributed by atoms with Gasteiger partial charge in [-0.3, -0.25) is 0 Å². The van der Waals surface area contributed by atoms with Gasteiger partial charge in [0.2, 0.25) is 0 Å². The fourth-order valence-corrected chi connectivity index (χ4v) is 1.57. The summed E-state index contributed by atoms with van der Waals surface area (Å²) in [4.78, 5) is 13.4. The van der Waals surface area contributed by atoms with Crippen LogP contribution in [-0.4, -0.2) is 16.1 Å². The molecule has 2 aromatic rings. The molecule has 14 heavy (non-hydrogen) atoms. The van der Waals surface area contributed by atoms with Crippen molar-refractivity contribution in [1.29, 1.82) is 0 Å². The number of hydrogen-bond acceptors (Lipinski definition) is 2. The van der Waals surface area contributed by atoms with Gasteiger partial charge in [0.05, 0.1) is 0 Å². The molecule has 72 valence electrons. The summed E-state index contributed by atoms with van der Waals surface area (Å²) in [5, 5.41) is 9.89. The average Bonchev–Trinajstić information content (AvgIpc) is 2.47. The maximum Gasteiger partial charge on any atom is 0.352 e. The fourth-order valence-electron chi connectivity index (χ4n) is 1.34. The first-order valence-electron chi connectivity index (χ1n) is 3.89.